The molecular formula is C26H22F3NO6S. The lowest BCUT2D eigenvalue weighted by atomic mass is 10.0. The zero-order chi connectivity index (χ0) is 26.5. The van der Waals surface area contributed by atoms with Gasteiger partial charge in [-0.2, -0.15) is 8.78 Å². The third-order valence-electron chi connectivity index (χ3n) is 6.49. The average Bonchev–Trinajstić information content (AvgIpc) is 3.64. The van der Waals surface area contributed by atoms with Crippen molar-refractivity contribution in [1.29, 1.82) is 0 Å². The number of sulfonamides is 1. The van der Waals surface area contributed by atoms with E-state index in [1.807, 2.05) is 0 Å². The van der Waals surface area contributed by atoms with Crippen molar-refractivity contribution in [2.45, 2.75) is 31.0 Å². The van der Waals surface area contributed by atoms with Crippen LogP contribution in [0.4, 0.5) is 18.9 Å². The van der Waals surface area contributed by atoms with E-state index in [4.69, 9.17) is 4.74 Å². The number of hydrogen-bond donors (Lipinski definition) is 1. The van der Waals surface area contributed by atoms with E-state index in [1.54, 1.807) is 25.1 Å². The predicted octanol–water partition coefficient (Wildman–Crippen LogP) is 5.08. The van der Waals surface area contributed by atoms with Gasteiger partial charge < -0.3 is 14.6 Å². The summed E-state index contributed by atoms with van der Waals surface area (Å²) in [5.41, 5.74) is 1.45. The van der Waals surface area contributed by atoms with Crippen LogP contribution in [-0.4, -0.2) is 38.8 Å². The summed E-state index contributed by atoms with van der Waals surface area (Å²) in [6.45, 7) is -1.50. The molecule has 1 aliphatic heterocycles. The first-order valence-corrected chi connectivity index (χ1v) is 12.9. The van der Waals surface area contributed by atoms with Crippen molar-refractivity contribution in [3.63, 3.8) is 0 Å². The highest BCUT2D eigenvalue weighted by Crippen LogP contribution is 2.48. The molecular weight excluding hydrogens is 511 g/mol. The van der Waals surface area contributed by atoms with Gasteiger partial charge in [0.1, 0.15) is 23.4 Å². The molecule has 1 aliphatic carbocycles. The van der Waals surface area contributed by atoms with Crippen LogP contribution in [0.2, 0.25) is 0 Å². The Kier molecular flexibility index (Phi) is 6.26. The quantitative estimate of drug-likeness (QED) is 0.456. The molecule has 0 aromatic heterocycles. The normalized spacial score (nSPS) is 20.8. The number of alkyl halides is 2. The van der Waals surface area contributed by atoms with Crippen molar-refractivity contribution < 1.29 is 41.0 Å². The summed E-state index contributed by atoms with van der Waals surface area (Å²) in [7, 11) is -4.10. The largest absolute Gasteiger partial charge is 0.486 e. The highest BCUT2D eigenvalue weighted by Gasteiger charge is 2.52. The molecule has 0 bridgehead atoms. The number of carbonyl (C=O) groups is 1. The summed E-state index contributed by atoms with van der Waals surface area (Å²) in [6.07, 6.45) is -0.304. The van der Waals surface area contributed by atoms with Gasteiger partial charge >= 0.3 is 12.6 Å². The second-order valence-corrected chi connectivity index (χ2v) is 11.0. The minimum absolute atomic E-state index is 0.0495. The van der Waals surface area contributed by atoms with Gasteiger partial charge in [-0.3, -0.25) is 9.10 Å². The molecule has 1 N–H and O–H groups in total. The van der Waals surface area contributed by atoms with E-state index >= 15 is 0 Å². The van der Waals surface area contributed by atoms with Gasteiger partial charge in [0.2, 0.25) is 0 Å². The van der Waals surface area contributed by atoms with E-state index < -0.39 is 40.4 Å². The second-order valence-electron chi connectivity index (χ2n) is 9.09. The monoisotopic (exact) mass is 533 g/mol. The SMILES string of the molecule is Cc1cccc(S(=O)(=O)N2C[C@H]([C@H]3C[C@@H]3C(=O)O)Oc3ccc(-c4cc(F)cc(OC(F)F)c4)cc32)c1. The van der Waals surface area contributed by atoms with Crippen LogP contribution >= 0.6 is 0 Å². The Labute approximate surface area is 211 Å². The van der Waals surface area contributed by atoms with Crippen LogP contribution in [0.15, 0.2) is 65.6 Å². The summed E-state index contributed by atoms with van der Waals surface area (Å²) in [5.74, 6) is -2.90. The average molecular weight is 534 g/mol. The van der Waals surface area contributed by atoms with Crippen molar-refractivity contribution in [3.05, 3.63) is 72.0 Å². The summed E-state index contributed by atoms with van der Waals surface area (Å²) in [6, 6.07) is 14.1. The lowest BCUT2D eigenvalue weighted by Gasteiger charge is -2.36. The first kappa shape index (κ1) is 24.9. The first-order valence-electron chi connectivity index (χ1n) is 11.4. The topological polar surface area (TPSA) is 93.1 Å². The number of rotatable bonds is 7. The maximum absolute atomic E-state index is 14.2. The van der Waals surface area contributed by atoms with E-state index in [0.29, 0.717) is 12.0 Å². The van der Waals surface area contributed by atoms with Crippen LogP contribution in [0.5, 0.6) is 11.5 Å². The van der Waals surface area contributed by atoms with Gasteiger partial charge in [0.05, 0.1) is 23.0 Å². The Morgan fingerprint density at radius 2 is 1.89 bits per heavy atom. The molecule has 7 nitrogen and oxygen atoms in total. The molecule has 0 saturated heterocycles. The molecule has 194 valence electrons. The summed E-state index contributed by atoms with van der Waals surface area (Å²) >= 11 is 0. The standard InChI is InChI=1S/C26H22F3NO6S/c1-14-3-2-4-19(7-14)37(33,34)30-13-24(20-12-21(20)25(31)32)36-23-6-5-15(10-22(23)30)16-8-17(27)11-18(9-16)35-26(28)29/h2-11,20-21,24,26H,12-13H2,1H3,(H,31,32)/t20-,21-,24+/m0/s1. The van der Waals surface area contributed by atoms with Crippen molar-refractivity contribution in [2.24, 2.45) is 11.8 Å². The van der Waals surface area contributed by atoms with E-state index in [-0.39, 0.29) is 40.1 Å². The van der Waals surface area contributed by atoms with Crippen LogP contribution in [0, 0.1) is 24.6 Å². The molecule has 0 radical (unpaired) electrons. The molecule has 11 heteroatoms. The fourth-order valence-corrected chi connectivity index (χ4v) is 6.20. The minimum atomic E-state index is -4.10. The van der Waals surface area contributed by atoms with E-state index in [1.165, 1.54) is 34.6 Å². The van der Waals surface area contributed by atoms with Gasteiger partial charge in [0.15, 0.2) is 0 Å². The second kappa shape index (κ2) is 9.29. The number of aryl methyl sites for hydroxylation is 1. The van der Waals surface area contributed by atoms with E-state index in [9.17, 15) is 31.5 Å². The van der Waals surface area contributed by atoms with Gasteiger partial charge in [-0.1, -0.05) is 18.2 Å². The maximum atomic E-state index is 14.2. The highest BCUT2D eigenvalue weighted by molar-refractivity contribution is 7.92. The number of fused-ring (bicyclic) bond motifs is 1. The van der Waals surface area contributed by atoms with Gasteiger partial charge in [-0.05, 0) is 66.4 Å². The van der Waals surface area contributed by atoms with Crippen LogP contribution in [0.25, 0.3) is 11.1 Å². The molecule has 0 spiro atoms. The third kappa shape index (κ3) is 4.95. The summed E-state index contributed by atoms with van der Waals surface area (Å²) in [5, 5.41) is 9.37. The van der Waals surface area contributed by atoms with Crippen LogP contribution in [0.3, 0.4) is 0 Å². The van der Waals surface area contributed by atoms with Crippen LogP contribution < -0.4 is 13.8 Å². The summed E-state index contributed by atoms with van der Waals surface area (Å²) in [4.78, 5) is 11.5. The number of benzene rings is 3. The smallest absolute Gasteiger partial charge is 0.387 e. The van der Waals surface area contributed by atoms with Crippen molar-refractivity contribution in [1.82, 2.24) is 0 Å². The van der Waals surface area contributed by atoms with Gasteiger partial charge in [-0.25, -0.2) is 12.8 Å². The molecule has 3 aromatic rings. The fourth-order valence-electron chi connectivity index (χ4n) is 4.62. The molecule has 2 aliphatic rings. The Balaban J connectivity index is 1.59. The van der Waals surface area contributed by atoms with Gasteiger partial charge in [-0.15, -0.1) is 0 Å². The van der Waals surface area contributed by atoms with Crippen LogP contribution in [-0.2, 0) is 14.8 Å². The number of ether oxygens (including phenoxy) is 2. The molecule has 0 unspecified atom stereocenters. The third-order valence-corrected chi connectivity index (χ3v) is 8.27. The highest BCUT2D eigenvalue weighted by atomic mass is 32.2. The molecule has 3 atom stereocenters. The number of hydrogen-bond acceptors (Lipinski definition) is 5. The molecule has 5 rings (SSSR count). The number of nitrogens with zero attached hydrogens (tertiary/aromatic N) is 1. The van der Waals surface area contributed by atoms with Crippen molar-refractivity contribution in [2.75, 3.05) is 10.8 Å². The Hall–Kier alpha value is -3.73. The number of anilines is 1. The van der Waals surface area contributed by atoms with Gasteiger partial charge in [0.25, 0.3) is 10.0 Å². The fraction of sp³-hybridized carbons (Fsp3) is 0.269. The predicted molar refractivity (Wildman–Crippen MR) is 128 cm³/mol. The minimum Gasteiger partial charge on any atom is -0.486 e. The zero-order valence-corrected chi connectivity index (χ0v) is 20.3. The van der Waals surface area contributed by atoms with Crippen LogP contribution in [0.1, 0.15) is 12.0 Å². The van der Waals surface area contributed by atoms with E-state index in [0.717, 1.165) is 17.7 Å². The molecule has 1 heterocycles. The molecule has 0 amide bonds. The maximum Gasteiger partial charge on any atom is 0.387 e. The van der Waals surface area contributed by atoms with Crippen molar-refractivity contribution in [3.8, 4) is 22.6 Å². The first-order chi connectivity index (χ1) is 17.5. The number of carboxylic acids is 1. The summed E-state index contributed by atoms with van der Waals surface area (Å²) < 4.78 is 78.7. The number of aliphatic carboxylic acids is 1. The molecule has 3 aromatic carbocycles. The molecule has 37 heavy (non-hydrogen) atoms. The Morgan fingerprint density at radius 3 is 2.57 bits per heavy atom. The van der Waals surface area contributed by atoms with E-state index in [2.05, 4.69) is 4.74 Å². The Morgan fingerprint density at radius 1 is 1.11 bits per heavy atom. The zero-order valence-electron chi connectivity index (χ0n) is 19.5. The van der Waals surface area contributed by atoms with Gasteiger partial charge in [0, 0.05) is 12.0 Å². The molecule has 1 saturated carbocycles. The lowest BCUT2D eigenvalue weighted by Crippen LogP contribution is -2.45. The number of carboxylic acid groups (broad SMARTS) is 1. The van der Waals surface area contributed by atoms with Crippen molar-refractivity contribution >= 4 is 21.7 Å². The molecule has 1 fully saturated rings. The Bertz CT molecular complexity index is 1480. The number of halogens is 3. The lowest BCUT2D eigenvalue weighted by molar-refractivity contribution is -0.139.